The Morgan fingerprint density at radius 2 is 2.12 bits per heavy atom. The van der Waals surface area contributed by atoms with Gasteiger partial charge in [-0.2, -0.15) is 0 Å². The Bertz CT molecular complexity index is 911. The van der Waals surface area contributed by atoms with Gasteiger partial charge >= 0.3 is 0 Å². The minimum atomic E-state index is -0.0327. The first-order valence-corrected chi connectivity index (χ1v) is 8.95. The molecule has 0 bridgehead atoms. The third-order valence-electron chi connectivity index (χ3n) is 4.33. The van der Waals surface area contributed by atoms with E-state index in [4.69, 9.17) is 4.74 Å². The molecule has 6 nitrogen and oxygen atoms in total. The van der Waals surface area contributed by atoms with Crippen molar-refractivity contribution >= 4 is 32.9 Å². The molecule has 3 heterocycles. The number of imidazole rings is 1. The molecule has 1 atom stereocenters. The molecule has 7 heteroatoms. The Morgan fingerprint density at radius 1 is 1.24 bits per heavy atom. The van der Waals surface area contributed by atoms with Gasteiger partial charge in [-0.25, -0.2) is 9.97 Å². The zero-order valence-electron chi connectivity index (χ0n) is 13.5. The molecule has 3 aromatic rings. The average molecular weight is 401 g/mol. The van der Waals surface area contributed by atoms with E-state index in [9.17, 15) is 4.79 Å². The number of aromatic nitrogens is 3. The van der Waals surface area contributed by atoms with E-state index < -0.39 is 0 Å². The molecule has 2 aromatic heterocycles. The number of ether oxygens (including phenoxy) is 1. The van der Waals surface area contributed by atoms with E-state index in [1.54, 1.807) is 12.5 Å². The smallest absolute Gasteiger partial charge is 0.242 e. The van der Waals surface area contributed by atoms with Crippen LogP contribution in [0.4, 0.5) is 0 Å². The van der Waals surface area contributed by atoms with Crippen molar-refractivity contribution in [2.75, 3.05) is 13.1 Å². The molecule has 128 valence electrons. The van der Waals surface area contributed by atoms with Gasteiger partial charge in [0.05, 0.1) is 28.4 Å². The van der Waals surface area contributed by atoms with Crippen molar-refractivity contribution in [3.8, 4) is 5.88 Å². The van der Waals surface area contributed by atoms with Crippen LogP contribution < -0.4 is 4.74 Å². The van der Waals surface area contributed by atoms with Gasteiger partial charge in [-0.15, -0.1) is 0 Å². The Balaban J connectivity index is 1.40. The lowest BCUT2D eigenvalue weighted by Crippen LogP contribution is -2.33. The summed E-state index contributed by atoms with van der Waals surface area (Å²) in [6, 6.07) is 11.6. The maximum Gasteiger partial charge on any atom is 0.242 e. The number of halogens is 1. The quantitative estimate of drug-likeness (QED) is 0.675. The molecular formula is C18H17BrN4O2. The predicted molar refractivity (Wildman–Crippen MR) is 97.3 cm³/mol. The molecule has 0 aliphatic carbocycles. The van der Waals surface area contributed by atoms with Crippen LogP contribution in [-0.4, -0.2) is 44.5 Å². The van der Waals surface area contributed by atoms with Gasteiger partial charge in [-0.1, -0.05) is 12.1 Å². The highest BCUT2D eigenvalue weighted by Crippen LogP contribution is 2.24. The van der Waals surface area contributed by atoms with Crippen LogP contribution >= 0.6 is 15.9 Å². The molecule has 1 amide bonds. The van der Waals surface area contributed by atoms with Crippen LogP contribution in [0.25, 0.3) is 11.0 Å². The highest BCUT2D eigenvalue weighted by atomic mass is 79.9. The maximum absolute atomic E-state index is 12.6. The normalized spacial score (nSPS) is 17.2. The minimum Gasteiger partial charge on any atom is -0.472 e. The predicted octanol–water partition coefficient (Wildman–Crippen LogP) is 2.87. The van der Waals surface area contributed by atoms with Gasteiger partial charge in [-0.3, -0.25) is 4.79 Å². The van der Waals surface area contributed by atoms with Gasteiger partial charge in [0.25, 0.3) is 0 Å². The van der Waals surface area contributed by atoms with E-state index >= 15 is 0 Å². The first-order valence-electron chi connectivity index (χ1n) is 8.15. The molecule has 1 unspecified atom stereocenters. The lowest BCUT2D eigenvalue weighted by Gasteiger charge is -2.17. The lowest BCUT2D eigenvalue weighted by atomic mass is 10.3. The summed E-state index contributed by atoms with van der Waals surface area (Å²) in [7, 11) is 0. The van der Waals surface area contributed by atoms with Crippen molar-refractivity contribution in [2.24, 2.45) is 0 Å². The van der Waals surface area contributed by atoms with Crippen molar-refractivity contribution in [3.05, 3.63) is 53.4 Å². The number of benzene rings is 1. The van der Waals surface area contributed by atoms with Crippen LogP contribution in [0, 0.1) is 0 Å². The number of carbonyl (C=O) groups is 1. The van der Waals surface area contributed by atoms with Crippen LogP contribution in [0.15, 0.2) is 53.4 Å². The highest BCUT2D eigenvalue weighted by Gasteiger charge is 2.28. The number of pyridine rings is 1. The fraction of sp³-hybridized carbons (Fsp3) is 0.278. The standard InChI is InChI=1S/C18H17BrN4O2/c19-14-4-3-8-20-18(14)25-13-7-9-22(10-13)17(24)11-23-12-21-15-5-1-2-6-16(15)23/h1-6,8,12-13H,7,9-11H2. The first kappa shape index (κ1) is 16.1. The summed E-state index contributed by atoms with van der Waals surface area (Å²) in [5.41, 5.74) is 1.87. The molecule has 0 saturated carbocycles. The van der Waals surface area contributed by atoms with Crippen LogP contribution in [0.3, 0.4) is 0 Å². The summed E-state index contributed by atoms with van der Waals surface area (Å²) in [6.07, 6.45) is 4.19. The number of fused-ring (bicyclic) bond motifs is 1. The van der Waals surface area contributed by atoms with E-state index in [-0.39, 0.29) is 12.0 Å². The molecule has 1 aromatic carbocycles. The van der Waals surface area contributed by atoms with Gasteiger partial charge in [0.2, 0.25) is 11.8 Å². The number of rotatable bonds is 4. The average Bonchev–Trinajstić information content (AvgIpc) is 3.25. The zero-order chi connectivity index (χ0) is 17.2. The van der Waals surface area contributed by atoms with E-state index in [2.05, 4.69) is 25.9 Å². The van der Waals surface area contributed by atoms with E-state index in [0.717, 1.165) is 21.9 Å². The molecule has 0 radical (unpaired) electrons. The molecule has 1 fully saturated rings. The molecule has 25 heavy (non-hydrogen) atoms. The monoisotopic (exact) mass is 400 g/mol. The summed E-state index contributed by atoms with van der Waals surface area (Å²) in [5, 5.41) is 0. The number of para-hydroxylation sites is 2. The molecule has 1 saturated heterocycles. The zero-order valence-corrected chi connectivity index (χ0v) is 15.1. The largest absolute Gasteiger partial charge is 0.472 e. The second-order valence-corrected chi connectivity index (χ2v) is 6.87. The van der Waals surface area contributed by atoms with Crippen molar-refractivity contribution in [1.82, 2.24) is 19.4 Å². The second-order valence-electron chi connectivity index (χ2n) is 6.02. The van der Waals surface area contributed by atoms with E-state index in [1.807, 2.05) is 45.9 Å². The summed E-state index contributed by atoms with van der Waals surface area (Å²) in [5.74, 6) is 0.650. The van der Waals surface area contributed by atoms with Gasteiger partial charge in [0.1, 0.15) is 12.6 Å². The highest BCUT2D eigenvalue weighted by molar-refractivity contribution is 9.10. The number of likely N-dealkylation sites (tertiary alicyclic amines) is 1. The first-order chi connectivity index (χ1) is 12.2. The van der Waals surface area contributed by atoms with Crippen LogP contribution in [0.5, 0.6) is 5.88 Å². The number of carbonyl (C=O) groups excluding carboxylic acids is 1. The van der Waals surface area contributed by atoms with Crippen LogP contribution in [-0.2, 0) is 11.3 Å². The summed E-state index contributed by atoms with van der Waals surface area (Å²) < 4.78 is 8.63. The van der Waals surface area contributed by atoms with E-state index in [0.29, 0.717) is 25.5 Å². The fourth-order valence-electron chi connectivity index (χ4n) is 3.05. The van der Waals surface area contributed by atoms with Gasteiger partial charge < -0.3 is 14.2 Å². The van der Waals surface area contributed by atoms with Crippen molar-refractivity contribution in [2.45, 2.75) is 19.1 Å². The molecule has 4 rings (SSSR count). The van der Waals surface area contributed by atoms with Gasteiger partial charge in [0.15, 0.2) is 0 Å². The molecule has 0 spiro atoms. The Hall–Kier alpha value is -2.41. The third kappa shape index (κ3) is 3.37. The molecule has 1 aliphatic rings. The SMILES string of the molecule is O=C(Cn1cnc2ccccc21)N1CCC(Oc2ncccc2Br)C1. The topological polar surface area (TPSA) is 60.2 Å². The van der Waals surface area contributed by atoms with E-state index in [1.165, 1.54) is 0 Å². The number of nitrogens with zero attached hydrogens (tertiary/aromatic N) is 4. The number of hydrogen-bond donors (Lipinski definition) is 0. The number of amides is 1. The van der Waals surface area contributed by atoms with Crippen molar-refractivity contribution in [1.29, 1.82) is 0 Å². The lowest BCUT2D eigenvalue weighted by molar-refractivity contribution is -0.131. The number of hydrogen-bond acceptors (Lipinski definition) is 4. The second kappa shape index (κ2) is 6.84. The van der Waals surface area contributed by atoms with Gasteiger partial charge in [0, 0.05) is 19.2 Å². The summed E-state index contributed by atoms with van der Waals surface area (Å²) in [4.78, 5) is 23.0. The Morgan fingerprint density at radius 3 is 3.00 bits per heavy atom. The van der Waals surface area contributed by atoms with Gasteiger partial charge in [-0.05, 0) is 40.2 Å². The Kier molecular flexibility index (Phi) is 4.40. The molecule has 0 N–H and O–H groups in total. The van der Waals surface area contributed by atoms with Crippen LogP contribution in [0.2, 0.25) is 0 Å². The Labute approximate surface area is 153 Å². The molecular weight excluding hydrogens is 384 g/mol. The molecule has 1 aliphatic heterocycles. The summed E-state index contributed by atoms with van der Waals surface area (Å²) >= 11 is 3.43. The van der Waals surface area contributed by atoms with Crippen LogP contribution in [0.1, 0.15) is 6.42 Å². The summed E-state index contributed by atoms with van der Waals surface area (Å²) in [6.45, 7) is 1.57. The van der Waals surface area contributed by atoms with Crippen molar-refractivity contribution < 1.29 is 9.53 Å². The third-order valence-corrected chi connectivity index (χ3v) is 4.94. The fourth-order valence-corrected chi connectivity index (χ4v) is 3.40. The van der Waals surface area contributed by atoms with Crippen molar-refractivity contribution in [3.63, 3.8) is 0 Å². The maximum atomic E-state index is 12.6. The minimum absolute atomic E-state index is 0.0327.